The highest BCUT2D eigenvalue weighted by atomic mass is 16.5. The molecule has 92 valence electrons. The maximum Gasteiger partial charge on any atom is 0.0995 e. The van der Waals surface area contributed by atoms with Crippen LogP contribution in [0.15, 0.2) is 48.5 Å². The standard InChI is InChI=1S/C16H12N2O/c17-9-13-5-1-3-7-15(13)11-19-12-16-8-4-2-6-14(16)10-18/h1-8H,11-12H2. The second kappa shape index (κ2) is 6.35. The molecular weight excluding hydrogens is 236 g/mol. The van der Waals surface area contributed by atoms with Crippen LogP contribution in [0.2, 0.25) is 0 Å². The van der Waals surface area contributed by atoms with Crippen molar-refractivity contribution in [1.82, 2.24) is 0 Å². The predicted molar refractivity (Wildman–Crippen MR) is 70.8 cm³/mol. The van der Waals surface area contributed by atoms with E-state index in [1.165, 1.54) is 0 Å². The van der Waals surface area contributed by atoms with Gasteiger partial charge in [-0.25, -0.2) is 0 Å². The smallest absolute Gasteiger partial charge is 0.0995 e. The lowest BCUT2D eigenvalue weighted by Gasteiger charge is -2.07. The molecular formula is C16H12N2O. The van der Waals surface area contributed by atoms with Crippen LogP contribution in [-0.2, 0) is 18.0 Å². The van der Waals surface area contributed by atoms with E-state index in [9.17, 15) is 0 Å². The molecule has 0 saturated carbocycles. The van der Waals surface area contributed by atoms with Gasteiger partial charge in [0.2, 0.25) is 0 Å². The van der Waals surface area contributed by atoms with Crippen molar-refractivity contribution >= 4 is 0 Å². The Bertz CT molecular complexity index is 593. The summed E-state index contributed by atoms with van der Waals surface area (Å²) in [5, 5.41) is 17.9. The molecule has 2 aromatic rings. The highest BCUT2D eigenvalue weighted by Crippen LogP contribution is 2.12. The van der Waals surface area contributed by atoms with Gasteiger partial charge in [-0.15, -0.1) is 0 Å². The van der Waals surface area contributed by atoms with E-state index in [-0.39, 0.29) is 0 Å². The average molecular weight is 248 g/mol. The summed E-state index contributed by atoms with van der Waals surface area (Å²) in [6.07, 6.45) is 0. The third kappa shape index (κ3) is 3.19. The maximum atomic E-state index is 8.97. The zero-order valence-corrected chi connectivity index (χ0v) is 10.3. The normalized spacial score (nSPS) is 9.58. The summed E-state index contributed by atoms with van der Waals surface area (Å²) < 4.78 is 5.59. The first kappa shape index (κ1) is 12.8. The zero-order chi connectivity index (χ0) is 13.5. The summed E-state index contributed by atoms with van der Waals surface area (Å²) in [7, 11) is 0. The number of nitrogens with zero attached hydrogens (tertiary/aromatic N) is 2. The molecule has 0 bridgehead atoms. The molecule has 0 atom stereocenters. The Hall–Kier alpha value is -2.62. The second-order valence-corrected chi connectivity index (χ2v) is 4.03. The van der Waals surface area contributed by atoms with Gasteiger partial charge in [0, 0.05) is 0 Å². The van der Waals surface area contributed by atoms with Gasteiger partial charge >= 0.3 is 0 Å². The highest BCUT2D eigenvalue weighted by Gasteiger charge is 2.03. The Morgan fingerprint density at radius 1 is 0.737 bits per heavy atom. The van der Waals surface area contributed by atoms with Crippen LogP contribution < -0.4 is 0 Å². The summed E-state index contributed by atoms with van der Waals surface area (Å²) >= 11 is 0. The Morgan fingerprint density at radius 3 is 1.58 bits per heavy atom. The lowest BCUT2D eigenvalue weighted by Crippen LogP contribution is -1.98. The molecule has 0 aliphatic carbocycles. The molecule has 0 saturated heterocycles. The molecule has 0 radical (unpaired) electrons. The molecule has 0 fully saturated rings. The third-order valence-electron chi connectivity index (χ3n) is 2.79. The molecule has 2 rings (SSSR count). The quantitative estimate of drug-likeness (QED) is 0.835. The monoisotopic (exact) mass is 248 g/mol. The van der Waals surface area contributed by atoms with Crippen LogP contribution in [-0.4, -0.2) is 0 Å². The summed E-state index contributed by atoms with van der Waals surface area (Å²) in [4.78, 5) is 0. The first-order valence-electron chi connectivity index (χ1n) is 5.89. The van der Waals surface area contributed by atoms with Crippen molar-refractivity contribution in [2.24, 2.45) is 0 Å². The van der Waals surface area contributed by atoms with Gasteiger partial charge in [0.1, 0.15) is 0 Å². The van der Waals surface area contributed by atoms with Crippen LogP contribution in [0, 0.1) is 22.7 Å². The molecule has 0 aromatic heterocycles. The van der Waals surface area contributed by atoms with Gasteiger partial charge in [-0.05, 0) is 23.3 Å². The predicted octanol–water partition coefficient (Wildman–Crippen LogP) is 3.15. The third-order valence-corrected chi connectivity index (χ3v) is 2.79. The molecule has 0 amide bonds. The first-order chi connectivity index (χ1) is 9.35. The Balaban J connectivity index is 2.01. The van der Waals surface area contributed by atoms with Crippen LogP contribution in [0.4, 0.5) is 0 Å². The lowest BCUT2D eigenvalue weighted by atomic mass is 10.1. The number of rotatable bonds is 4. The van der Waals surface area contributed by atoms with Crippen molar-refractivity contribution in [3.05, 3.63) is 70.8 Å². The topological polar surface area (TPSA) is 56.8 Å². The summed E-state index contributed by atoms with van der Waals surface area (Å²) in [5.74, 6) is 0. The van der Waals surface area contributed by atoms with Crippen molar-refractivity contribution < 1.29 is 4.74 Å². The van der Waals surface area contributed by atoms with Gasteiger partial charge in [0.25, 0.3) is 0 Å². The number of hydrogen-bond acceptors (Lipinski definition) is 3. The van der Waals surface area contributed by atoms with Gasteiger partial charge < -0.3 is 4.74 Å². The number of ether oxygens (including phenoxy) is 1. The fraction of sp³-hybridized carbons (Fsp3) is 0.125. The van der Waals surface area contributed by atoms with Crippen LogP contribution in [0.3, 0.4) is 0 Å². The fourth-order valence-corrected chi connectivity index (χ4v) is 1.78. The number of hydrogen-bond donors (Lipinski definition) is 0. The van der Waals surface area contributed by atoms with E-state index in [1.54, 1.807) is 12.1 Å². The van der Waals surface area contributed by atoms with E-state index >= 15 is 0 Å². The molecule has 0 heterocycles. The van der Waals surface area contributed by atoms with Crippen LogP contribution in [0.1, 0.15) is 22.3 Å². The maximum absolute atomic E-state index is 8.97. The molecule has 0 spiro atoms. The largest absolute Gasteiger partial charge is 0.372 e. The highest BCUT2D eigenvalue weighted by molar-refractivity contribution is 5.38. The van der Waals surface area contributed by atoms with E-state index in [0.717, 1.165) is 11.1 Å². The molecule has 0 N–H and O–H groups in total. The van der Waals surface area contributed by atoms with E-state index in [1.807, 2.05) is 36.4 Å². The minimum Gasteiger partial charge on any atom is -0.372 e. The Kier molecular flexibility index (Phi) is 4.29. The second-order valence-electron chi connectivity index (χ2n) is 4.03. The Labute approximate surface area is 112 Å². The first-order valence-corrected chi connectivity index (χ1v) is 5.89. The summed E-state index contributed by atoms with van der Waals surface area (Å²) in [6.45, 7) is 0.729. The van der Waals surface area contributed by atoms with Gasteiger partial charge in [-0.3, -0.25) is 0 Å². The van der Waals surface area contributed by atoms with Crippen LogP contribution in [0.25, 0.3) is 0 Å². The van der Waals surface area contributed by atoms with Crippen molar-refractivity contribution in [1.29, 1.82) is 10.5 Å². The minimum absolute atomic E-state index is 0.365. The molecule has 0 unspecified atom stereocenters. The minimum atomic E-state index is 0.365. The van der Waals surface area contributed by atoms with Crippen molar-refractivity contribution in [3.63, 3.8) is 0 Å². The van der Waals surface area contributed by atoms with Crippen molar-refractivity contribution in [2.75, 3.05) is 0 Å². The van der Waals surface area contributed by atoms with Crippen LogP contribution >= 0.6 is 0 Å². The van der Waals surface area contributed by atoms with E-state index < -0.39 is 0 Å². The molecule has 3 heteroatoms. The zero-order valence-electron chi connectivity index (χ0n) is 10.3. The molecule has 2 aromatic carbocycles. The SMILES string of the molecule is N#Cc1ccccc1COCc1ccccc1C#N. The number of benzene rings is 2. The summed E-state index contributed by atoms with van der Waals surface area (Å²) in [5.41, 5.74) is 2.96. The summed E-state index contributed by atoms with van der Waals surface area (Å²) in [6, 6.07) is 18.9. The van der Waals surface area contributed by atoms with Crippen LogP contribution in [0.5, 0.6) is 0 Å². The van der Waals surface area contributed by atoms with E-state index in [4.69, 9.17) is 15.3 Å². The van der Waals surface area contributed by atoms with Gasteiger partial charge in [-0.1, -0.05) is 36.4 Å². The van der Waals surface area contributed by atoms with Gasteiger partial charge in [0.05, 0.1) is 36.5 Å². The van der Waals surface area contributed by atoms with E-state index in [0.29, 0.717) is 24.3 Å². The lowest BCUT2D eigenvalue weighted by molar-refractivity contribution is 0.107. The van der Waals surface area contributed by atoms with Crippen molar-refractivity contribution in [3.8, 4) is 12.1 Å². The molecule has 19 heavy (non-hydrogen) atoms. The van der Waals surface area contributed by atoms with Crippen molar-refractivity contribution in [2.45, 2.75) is 13.2 Å². The molecule has 0 aliphatic heterocycles. The number of nitriles is 2. The molecule has 3 nitrogen and oxygen atoms in total. The Morgan fingerprint density at radius 2 is 1.16 bits per heavy atom. The fourth-order valence-electron chi connectivity index (χ4n) is 1.78. The average Bonchev–Trinajstić information content (AvgIpc) is 2.48. The van der Waals surface area contributed by atoms with E-state index in [2.05, 4.69) is 12.1 Å². The molecule has 0 aliphatic rings. The van der Waals surface area contributed by atoms with Gasteiger partial charge in [-0.2, -0.15) is 10.5 Å². The van der Waals surface area contributed by atoms with Gasteiger partial charge in [0.15, 0.2) is 0 Å².